The first-order valence-corrected chi connectivity index (χ1v) is 7.55. The van der Waals surface area contributed by atoms with Crippen molar-refractivity contribution in [2.45, 2.75) is 32.4 Å². The quantitative estimate of drug-likeness (QED) is 0.799. The van der Waals surface area contributed by atoms with Crippen LogP contribution in [-0.2, 0) is 15.8 Å². The van der Waals surface area contributed by atoms with E-state index >= 15 is 0 Å². The summed E-state index contributed by atoms with van der Waals surface area (Å²) < 4.78 is 38.5. The van der Waals surface area contributed by atoms with Crippen LogP contribution in [-0.4, -0.2) is 18.4 Å². The molecule has 1 aromatic carbocycles. The molecule has 1 fully saturated rings. The molecular formula is C15H16ClF3N2O2. The predicted octanol–water partition coefficient (Wildman–Crippen LogP) is 3.60. The molecule has 0 atom stereocenters. The molecule has 0 unspecified atom stereocenters. The van der Waals surface area contributed by atoms with Gasteiger partial charge in [-0.15, -0.1) is 0 Å². The van der Waals surface area contributed by atoms with Crippen LogP contribution in [0.25, 0.3) is 0 Å². The Bertz CT molecular complexity index is 628. The summed E-state index contributed by atoms with van der Waals surface area (Å²) in [7, 11) is 0. The average molecular weight is 349 g/mol. The number of hydrogen-bond acceptors (Lipinski definition) is 2. The number of carbonyl (C=O) groups excluding carboxylic acids is 2. The highest BCUT2D eigenvalue weighted by Crippen LogP contribution is 2.47. The maximum absolute atomic E-state index is 12.8. The van der Waals surface area contributed by atoms with Crippen molar-refractivity contribution in [1.82, 2.24) is 5.32 Å². The molecule has 0 spiro atoms. The lowest BCUT2D eigenvalue weighted by atomic mass is 10.0. The first-order chi connectivity index (χ1) is 10.7. The second-order valence-corrected chi connectivity index (χ2v) is 5.89. The highest BCUT2D eigenvalue weighted by molar-refractivity contribution is 6.31. The van der Waals surface area contributed by atoms with E-state index in [0.29, 0.717) is 19.4 Å². The number of carbonyl (C=O) groups is 2. The second kappa shape index (κ2) is 6.39. The van der Waals surface area contributed by atoms with E-state index in [-0.39, 0.29) is 11.6 Å². The molecule has 0 saturated heterocycles. The van der Waals surface area contributed by atoms with Gasteiger partial charge in [0.25, 0.3) is 0 Å². The van der Waals surface area contributed by atoms with E-state index in [9.17, 15) is 22.8 Å². The van der Waals surface area contributed by atoms with Crippen LogP contribution in [0.3, 0.4) is 0 Å². The normalized spacial score (nSPS) is 15.9. The summed E-state index contributed by atoms with van der Waals surface area (Å²) in [4.78, 5) is 24.3. The Labute approximate surface area is 136 Å². The number of hydrogen-bond donors (Lipinski definition) is 2. The van der Waals surface area contributed by atoms with Gasteiger partial charge in [-0.25, -0.2) is 0 Å². The smallest absolute Gasteiger partial charge is 0.355 e. The molecule has 126 valence electrons. The zero-order chi connectivity index (χ0) is 17.3. The molecule has 1 aromatic rings. The van der Waals surface area contributed by atoms with Crippen molar-refractivity contribution < 1.29 is 22.8 Å². The van der Waals surface area contributed by atoms with Crippen molar-refractivity contribution in [1.29, 1.82) is 0 Å². The number of amides is 2. The van der Waals surface area contributed by atoms with Gasteiger partial charge in [0.2, 0.25) is 11.8 Å². The zero-order valence-corrected chi connectivity index (χ0v) is 13.1. The lowest BCUT2D eigenvalue weighted by Crippen LogP contribution is -2.40. The number of rotatable bonds is 5. The Morgan fingerprint density at radius 3 is 2.43 bits per heavy atom. The highest BCUT2D eigenvalue weighted by atomic mass is 35.5. The first-order valence-electron chi connectivity index (χ1n) is 7.17. The number of anilines is 1. The SMILES string of the molecule is CCCNC(=O)C1(C(=O)Nc2ccc(Cl)c(C(F)(F)F)c2)CC1. The van der Waals surface area contributed by atoms with E-state index in [4.69, 9.17) is 11.6 Å². The van der Waals surface area contributed by atoms with Gasteiger partial charge in [-0.2, -0.15) is 13.2 Å². The van der Waals surface area contributed by atoms with E-state index < -0.39 is 28.1 Å². The minimum atomic E-state index is -4.62. The van der Waals surface area contributed by atoms with Crippen LogP contribution < -0.4 is 10.6 Å². The summed E-state index contributed by atoms with van der Waals surface area (Å²) in [5.74, 6) is -0.983. The molecule has 4 nitrogen and oxygen atoms in total. The minimum Gasteiger partial charge on any atom is -0.355 e. The van der Waals surface area contributed by atoms with Gasteiger partial charge < -0.3 is 10.6 Å². The average Bonchev–Trinajstić information content (AvgIpc) is 3.27. The Balaban J connectivity index is 2.13. The second-order valence-electron chi connectivity index (χ2n) is 5.48. The molecule has 2 amide bonds. The third kappa shape index (κ3) is 3.77. The number of nitrogens with one attached hydrogen (secondary N) is 2. The van der Waals surface area contributed by atoms with Gasteiger partial charge in [0.1, 0.15) is 5.41 Å². The highest BCUT2D eigenvalue weighted by Gasteiger charge is 2.56. The Kier molecular flexibility index (Phi) is 4.89. The van der Waals surface area contributed by atoms with Crippen molar-refractivity contribution in [2.24, 2.45) is 5.41 Å². The fraction of sp³-hybridized carbons (Fsp3) is 0.467. The summed E-state index contributed by atoms with van der Waals surface area (Å²) >= 11 is 5.53. The predicted molar refractivity (Wildman–Crippen MR) is 80.1 cm³/mol. The molecule has 0 aliphatic heterocycles. The van der Waals surface area contributed by atoms with E-state index in [1.54, 1.807) is 0 Å². The number of alkyl halides is 3. The molecule has 0 bridgehead atoms. The maximum Gasteiger partial charge on any atom is 0.417 e. The van der Waals surface area contributed by atoms with Crippen molar-refractivity contribution in [2.75, 3.05) is 11.9 Å². The lowest BCUT2D eigenvalue weighted by molar-refractivity contribution is -0.138. The Morgan fingerprint density at radius 2 is 1.91 bits per heavy atom. The monoisotopic (exact) mass is 348 g/mol. The van der Waals surface area contributed by atoms with Crippen LogP contribution in [0.5, 0.6) is 0 Å². The van der Waals surface area contributed by atoms with Crippen LogP contribution in [0.2, 0.25) is 5.02 Å². The molecular weight excluding hydrogens is 333 g/mol. The van der Waals surface area contributed by atoms with Gasteiger partial charge >= 0.3 is 6.18 Å². The van der Waals surface area contributed by atoms with Gasteiger partial charge in [0.05, 0.1) is 10.6 Å². The first kappa shape index (κ1) is 17.6. The van der Waals surface area contributed by atoms with Crippen LogP contribution in [0.15, 0.2) is 18.2 Å². The van der Waals surface area contributed by atoms with E-state index in [0.717, 1.165) is 18.6 Å². The van der Waals surface area contributed by atoms with Gasteiger partial charge in [0.15, 0.2) is 0 Å². The zero-order valence-electron chi connectivity index (χ0n) is 12.4. The molecule has 0 aromatic heterocycles. The Morgan fingerprint density at radius 1 is 1.26 bits per heavy atom. The third-order valence-electron chi connectivity index (χ3n) is 3.68. The van der Waals surface area contributed by atoms with Gasteiger partial charge in [0, 0.05) is 12.2 Å². The Hall–Kier alpha value is -1.76. The minimum absolute atomic E-state index is 0.0405. The summed E-state index contributed by atoms with van der Waals surface area (Å²) in [5, 5.41) is 4.58. The van der Waals surface area contributed by atoms with Crippen LogP contribution >= 0.6 is 11.6 Å². The van der Waals surface area contributed by atoms with Crippen molar-refractivity contribution in [3.63, 3.8) is 0 Å². The molecule has 2 N–H and O–H groups in total. The number of halogens is 4. The van der Waals surface area contributed by atoms with Crippen molar-refractivity contribution in [3.05, 3.63) is 28.8 Å². The van der Waals surface area contributed by atoms with Gasteiger partial charge in [-0.3, -0.25) is 9.59 Å². The van der Waals surface area contributed by atoms with E-state index in [2.05, 4.69) is 10.6 Å². The summed E-state index contributed by atoms with van der Waals surface area (Å²) in [6.07, 6.45) is -3.12. The fourth-order valence-electron chi connectivity index (χ4n) is 2.16. The van der Waals surface area contributed by atoms with Crippen LogP contribution in [0.1, 0.15) is 31.7 Å². The largest absolute Gasteiger partial charge is 0.417 e. The molecule has 1 saturated carbocycles. The molecule has 0 heterocycles. The maximum atomic E-state index is 12.8. The standard InChI is InChI=1S/C15H16ClF3N2O2/c1-2-7-20-12(22)14(5-6-14)13(23)21-9-3-4-11(16)10(8-9)15(17,18)19/h3-4,8H,2,5-7H2,1H3,(H,20,22)(H,21,23). The van der Waals surface area contributed by atoms with Crippen LogP contribution in [0.4, 0.5) is 18.9 Å². The topological polar surface area (TPSA) is 58.2 Å². The lowest BCUT2D eigenvalue weighted by Gasteiger charge is -2.16. The molecule has 1 aliphatic rings. The molecule has 0 radical (unpaired) electrons. The molecule has 23 heavy (non-hydrogen) atoms. The van der Waals surface area contributed by atoms with Crippen LogP contribution in [0, 0.1) is 5.41 Å². The number of benzene rings is 1. The summed E-state index contributed by atoms with van der Waals surface area (Å²) in [6.45, 7) is 2.33. The van der Waals surface area contributed by atoms with Crippen molar-refractivity contribution >= 4 is 29.1 Å². The fourth-order valence-corrected chi connectivity index (χ4v) is 2.39. The van der Waals surface area contributed by atoms with Gasteiger partial charge in [-0.1, -0.05) is 18.5 Å². The van der Waals surface area contributed by atoms with Crippen molar-refractivity contribution in [3.8, 4) is 0 Å². The molecule has 8 heteroatoms. The van der Waals surface area contributed by atoms with E-state index in [1.807, 2.05) is 6.92 Å². The summed E-state index contributed by atoms with van der Waals surface area (Å²) in [6, 6.07) is 3.10. The third-order valence-corrected chi connectivity index (χ3v) is 4.01. The molecule has 1 aliphatic carbocycles. The molecule has 2 rings (SSSR count). The van der Waals surface area contributed by atoms with E-state index in [1.165, 1.54) is 6.07 Å². The van der Waals surface area contributed by atoms with Gasteiger partial charge in [-0.05, 0) is 37.5 Å². The summed E-state index contributed by atoms with van der Waals surface area (Å²) in [5.41, 5.74) is -2.24.